The van der Waals surface area contributed by atoms with Crippen LogP contribution < -0.4 is 5.32 Å². The highest BCUT2D eigenvalue weighted by Crippen LogP contribution is 2.25. The number of unbranched alkanes of at least 4 members (excludes halogenated alkanes) is 1. The molecule has 0 aliphatic carbocycles. The second kappa shape index (κ2) is 8.56. The number of sulfonamides is 1. The van der Waals surface area contributed by atoms with Crippen molar-refractivity contribution in [2.24, 2.45) is 0 Å². The molecule has 8 nitrogen and oxygen atoms in total. The molecule has 134 valence electrons. The molecule has 24 heavy (non-hydrogen) atoms. The Morgan fingerprint density at radius 3 is 2.67 bits per heavy atom. The van der Waals surface area contributed by atoms with Crippen LogP contribution in [0.4, 0.5) is 0 Å². The Morgan fingerprint density at radius 2 is 2.00 bits per heavy atom. The third kappa shape index (κ3) is 4.76. The zero-order chi connectivity index (χ0) is 17.6. The van der Waals surface area contributed by atoms with Gasteiger partial charge in [0.25, 0.3) is 5.91 Å². The quantitative estimate of drug-likeness (QED) is 0.648. The van der Waals surface area contributed by atoms with Gasteiger partial charge < -0.3 is 15.2 Å². The number of hydrogen-bond acceptors (Lipinski definition) is 6. The third-order valence-electron chi connectivity index (χ3n) is 3.53. The van der Waals surface area contributed by atoms with Gasteiger partial charge in [-0.25, -0.2) is 8.42 Å². The zero-order valence-corrected chi connectivity index (χ0v) is 14.7. The number of carboxylic acid groups (broad SMARTS) is 1. The highest BCUT2D eigenvalue weighted by atomic mass is 32.2. The number of morpholine rings is 1. The minimum absolute atomic E-state index is 0.0115. The molecule has 2 heterocycles. The van der Waals surface area contributed by atoms with Gasteiger partial charge in [-0.15, -0.1) is 11.3 Å². The number of aliphatic carboxylic acids is 1. The summed E-state index contributed by atoms with van der Waals surface area (Å²) in [6.45, 7) is 1.53. The number of amides is 1. The molecule has 1 aliphatic rings. The van der Waals surface area contributed by atoms with E-state index < -0.39 is 21.9 Å². The molecule has 1 aliphatic heterocycles. The molecule has 0 atom stereocenters. The van der Waals surface area contributed by atoms with Crippen LogP contribution in [-0.2, 0) is 19.6 Å². The van der Waals surface area contributed by atoms with Crippen LogP contribution >= 0.6 is 11.3 Å². The Bertz CT molecular complexity index is 679. The van der Waals surface area contributed by atoms with Gasteiger partial charge in [0.15, 0.2) is 0 Å². The largest absolute Gasteiger partial charge is 0.481 e. The second-order valence-corrected chi connectivity index (χ2v) is 8.06. The van der Waals surface area contributed by atoms with E-state index in [9.17, 15) is 18.0 Å². The average Bonchev–Trinajstić information content (AvgIpc) is 3.05. The number of carbonyl (C=O) groups is 2. The maximum Gasteiger partial charge on any atom is 0.303 e. The molecule has 1 saturated heterocycles. The number of carbonyl (C=O) groups excluding carboxylic acids is 1. The predicted octanol–water partition coefficient (Wildman–Crippen LogP) is 0.754. The molecule has 0 unspecified atom stereocenters. The Hall–Kier alpha value is -1.49. The van der Waals surface area contributed by atoms with Gasteiger partial charge >= 0.3 is 5.97 Å². The van der Waals surface area contributed by atoms with Crippen LogP contribution in [0.2, 0.25) is 0 Å². The minimum atomic E-state index is -3.72. The predicted molar refractivity (Wildman–Crippen MR) is 87.7 cm³/mol. The summed E-state index contributed by atoms with van der Waals surface area (Å²) in [6, 6.07) is 1.44. The summed E-state index contributed by atoms with van der Waals surface area (Å²) in [5.74, 6) is -1.33. The van der Waals surface area contributed by atoms with Crippen molar-refractivity contribution in [3.63, 3.8) is 0 Å². The van der Waals surface area contributed by atoms with Gasteiger partial charge in [-0.2, -0.15) is 4.31 Å². The summed E-state index contributed by atoms with van der Waals surface area (Å²) in [7, 11) is -3.72. The number of ether oxygens (including phenoxy) is 1. The summed E-state index contributed by atoms with van der Waals surface area (Å²) in [5.41, 5.74) is 0. The van der Waals surface area contributed by atoms with Crippen LogP contribution in [0, 0.1) is 0 Å². The van der Waals surface area contributed by atoms with Crippen LogP contribution in [-0.4, -0.2) is 62.6 Å². The van der Waals surface area contributed by atoms with Crippen molar-refractivity contribution in [3.05, 3.63) is 16.3 Å². The van der Waals surface area contributed by atoms with E-state index in [4.69, 9.17) is 9.84 Å². The molecule has 2 rings (SSSR count). The van der Waals surface area contributed by atoms with Gasteiger partial charge in [-0.05, 0) is 24.3 Å². The summed E-state index contributed by atoms with van der Waals surface area (Å²) >= 11 is 1.07. The van der Waals surface area contributed by atoms with Gasteiger partial charge in [0, 0.05) is 26.1 Å². The van der Waals surface area contributed by atoms with E-state index >= 15 is 0 Å². The minimum Gasteiger partial charge on any atom is -0.481 e. The molecule has 0 radical (unpaired) electrons. The fourth-order valence-corrected chi connectivity index (χ4v) is 5.00. The molecule has 10 heteroatoms. The Morgan fingerprint density at radius 1 is 1.29 bits per heavy atom. The number of hydrogen-bond donors (Lipinski definition) is 2. The van der Waals surface area contributed by atoms with Gasteiger partial charge in [0.2, 0.25) is 10.0 Å². The summed E-state index contributed by atoms with van der Waals surface area (Å²) in [5, 5.41) is 12.8. The zero-order valence-electron chi connectivity index (χ0n) is 13.1. The van der Waals surface area contributed by atoms with Crippen LogP contribution in [0.3, 0.4) is 0 Å². The molecule has 0 saturated carbocycles. The molecule has 0 bridgehead atoms. The SMILES string of the molecule is O=C(O)CCCCNC(=O)c1sccc1S(=O)(=O)N1CCOCC1. The lowest BCUT2D eigenvalue weighted by atomic mass is 10.2. The molecule has 1 aromatic heterocycles. The summed E-state index contributed by atoms with van der Waals surface area (Å²) in [6.07, 6.45) is 1.03. The molecule has 1 fully saturated rings. The van der Waals surface area contributed by atoms with Crippen molar-refractivity contribution in [1.82, 2.24) is 9.62 Å². The maximum atomic E-state index is 12.7. The lowest BCUT2D eigenvalue weighted by molar-refractivity contribution is -0.137. The molecular weight excluding hydrogens is 356 g/mol. The van der Waals surface area contributed by atoms with E-state index in [1.807, 2.05) is 0 Å². The molecule has 2 N–H and O–H groups in total. The first-order chi connectivity index (χ1) is 11.4. The first-order valence-electron chi connectivity index (χ1n) is 7.58. The monoisotopic (exact) mass is 376 g/mol. The lowest BCUT2D eigenvalue weighted by Gasteiger charge is -2.26. The van der Waals surface area contributed by atoms with E-state index in [0.29, 0.717) is 32.6 Å². The molecule has 0 spiro atoms. The van der Waals surface area contributed by atoms with E-state index in [2.05, 4.69) is 5.32 Å². The van der Waals surface area contributed by atoms with Gasteiger partial charge in [0.05, 0.1) is 13.2 Å². The van der Waals surface area contributed by atoms with Crippen LogP contribution in [0.25, 0.3) is 0 Å². The van der Waals surface area contributed by atoms with Crippen LogP contribution in [0.1, 0.15) is 28.9 Å². The Balaban J connectivity index is 1.98. The number of carboxylic acids is 1. The molecule has 0 aromatic carbocycles. The number of rotatable bonds is 8. The van der Waals surface area contributed by atoms with Crippen molar-refractivity contribution < 1.29 is 27.9 Å². The van der Waals surface area contributed by atoms with Crippen molar-refractivity contribution >= 4 is 33.2 Å². The molecular formula is C14H20N2O6S2. The second-order valence-electron chi connectivity index (χ2n) is 5.24. The van der Waals surface area contributed by atoms with Gasteiger partial charge in [-0.3, -0.25) is 9.59 Å². The first-order valence-corrected chi connectivity index (χ1v) is 9.90. The Labute approximate surface area is 144 Å². The highest BCUT2D eigenvalue weighted by Gasteiger charge is 2.31. The fourth-order valence-electron chi connectivity index (χ4n) is 2.28. The lowest BCUT2D eigenvalue weighted by Crippen LogP contribution is -2.41. The van der Waals surface area contributed by atoms with E-state index in [1.54, 1.807) is 5.38 Å². The van der Waals surface area contributed by atoms with Crippen molar-refractivity contribution in [2.45, 2.75) is 24.2 Å². The van der Waals surface area contributed by atoms with Gasteiger partial charge in [-0.1, -0.05) is 0 Å². The summed E-state index contributed by atoms with van der Waals surface area (Å²) < 4.78 is 31.8. The van der Waals surface area contributed by atoms with Crippen molar-refractivity contribution in [1.29, 1.82) is 0 Å². The topological polar surface area (TPSA) is 113 Å². The third-order valence-corrected chi connectivity index (χ3v) is 6.51. The van der Waals surface area contributed by atoms with Crippen LogP contribution in [0.15, 0.2) is 16.3 Å². The maximum absolute atomic E-state index is 12.7. The van der Waals surface area contributed by atoms with E-state index in [-0.39, 0.29) is 29.3 Å². The van der Waals surface area contributed by atoms with Crippen LogP contribution in [0.5, 0.6) is 0 Å². The standard InChI is InChI=1S/C14H20N2O6S2/c17-12(18)3-1-2-5-15-14(19)13-11(4-10-23-13)24(20,21)16-6-8-22-9-7-16/h4,10H,1-3,5-9H2,(H,15,19)(H,17,18). The normalized spacial score (nSPS) is 16.0. The summed E-state index contributed by atoms with van der Waals surface area (Å²) in [4.78, 5) is 22.8. The highest BCUT2D eigenvalue weighted by molar-refractivity contribution is 7.89. The smallest absolute Gasteiger partial charge is 0.303 e. The van der Waals surface area contributed by atoms with E-state index in [1.165, 1.54) is 10.4 Å². The fraction of sp³-hybridized carbons (Fsp3) is 0.571. The molecule has 1 aromatic rings. The van der Waals surface area contributed by atoms with E-state index in [0.717, 1.165) is 11.3 Å². The number of nitrogens with zero attached hydrogens (tertiary/aromatic N) is 1. The number of nitrogens with one attached hydrogen (secondary N) is 1. The first kappa shape index (κ1) is 18.8. The van der Waals surface area contributed by atoms with Gasteiger partial charge in [0.1, 0.15) is 9.77 Å². The van der Waals surface area contributed by atoms with Crippen molar-refractivity contribution in [3.8, 4) is 0 Å². The molecule has 1 amide bonds. The number of thiophene rings is 1. The Kier molecular flexibility index (Phi) is 6.72. The average molecular weight is 376 g/mol. The van der Waals surface area contributed by atoms with Crippen molar-refractivity contribution in [2.75, 3.05) is 32.8 Å².